The SMILES string of the molecule is NC(=O)NCC(=O)NCCNC(=O)c1csc(C(N)=O)n1. The minimum atomic E-state index is -0.799. The molecule has 0 unspecified atom stereocenters. The van der Waals surface area contributed by atoms with Crippen molar-refractivity contribution in [2.24, 2.45) is 11.5 Å². The number of nitrogens with two attached hydrogens (primary N) is 2. The largest absolute Gasteiger partial charge is 0.364 e. The van der Waals surface area contributed by atoms with Crippen molar-refractivity contribution in [1.29, 1.82) is 0 Å². The Morgan fingerprint density at radius 2 is 1.76 bits per heavy atom. The van der Waals surface area contributed by atoms with Crippen LogP contribution in [0.15, 0.2) is 5.38 Å². The number of aromatic nitrogens is 1. The van der Waals surface area contributed by atoms with E-state index < -0.39 is 23.8 Å². The first-order valence-electron chi connectivity index (χ1n) is 5.73. The van der Waals surface area contributed by atoms with Crippen LogP contribution in [0.1, 0.15) is 20.3 Å². The van der Waals surface area contributed by atoms with Gasteiger partial charge in [0, 0.05) is 18.5 Å². The molecular weight excluding hydrogens is 300 g/mol. The highest BCUT2D eigenvalue weighted by Gasteiger charge is 2.12. The van der Waals surface area contributed by atoms with Crippen molar-refractivity contribution in [1.82, 2.24) is 20.9 Å². The van der Waals surface area contributed by atoms with Crippen molar-refractivity contribution in [2.45, 2.75) is 0 Å². The highest BCUT2D eigenvalue weighted by atomic mass is 32.1. The van der Waals surface area contributed by atoms with Gasteiger partial charge in [0.05, 0.1) is 6.54 Å². The second-order valence-corrected chi connectivity index (χ2v) is 4.58. The summed E-state index contributed by atoms with van der Waals surface area (Å²) in [7, 11) is 0. The predicted molar refractivity (Wildman–Crippen MR) is 73.6 cm³/mol. The molecule has 0 saturated carbocycles. The third-order valence-electron chi connectivity index (χ3n) is 2.10. The van der Waals surface area contributed by atoms with Gasteiger partial charge in [-0.3, -0.25) is 14.4 Å². The number of carbonyl (C=O) groups is 4. The molecule has 0 aliphatic carbocycles. The second kappa shape index (κ2) is 7.79. The Labute approximate surface area is 123 Å². The number of hydrogen-bond donors (Lipinski definition) is 5. The zero-order valence-electron chi connectivity index (χ0n) is 10.8. The van der Waals surface area contributed by atoms with E-state index in [2.05, 4.69) is 20.9 Å². The van der Waals surface area contributed by atoms with Gasteiger partial charge in [0.25, 0.3) is 11.8 Å². The number of thiazole rings is 1. The average Bonchev–Trinajstić information content (AvgIpc) is 2.91. The fourth-order valence-electron chi connectivity index (χ4n) is 1.19. The van der Waals surface area contributed by atoms with Crippen LogP contribution >= 0.6 is 11.3 Å². The zero-order valence-corrected chi connectivity index (χ0v) is 11.7. The molecule has 11 heteroatoms. The van der Waals surface area contributed by atoms with Crippen LogP contribution in [-0.2, 0) is 4.79 Å². The maximum atomic E-state index is 11.6. The van der Waals surface area contributed by atoms with E-state index in [-0.39, 0.29) is 30.3 Å². The molecule has 0 saturated heterocycles. The van der Waals surface area contributed by atoms with Gasteiger partial charge in [-0.15, -0.1) is 11.3 Å². The Kier molecular flexibility index (Phi) is 6.07. The molecule has 10 nitrogen and oxygen atoms in total. The number of nitrogens with zero attached hydrogens (tertiary/aromatic N) is 1. The van der Waals surface area contributed by atoms with Gasteiger partial charge in [-0.05, 0) is 0 Å². The van der Waals surface area contributed by atoms with Crippen molar-refractivity contribution in [3.63, 3.8) is 0 Å². The van der Waals surface area contributed by atoms with Gasteiger partial charge < -0.3 is 27.4 Å². The lowest BCUT2D eigenvalue weighted by atomic mass is 10.4. The molecule has 0 fully saturated rings. The molecule has 0 bridgehead atoms. The van der Waals surface area contributed by atoms with Crippen LogP contribution < -0.4 is 27.4 Å². The average molecular weight is 314 g/mol. The number of nitrogens with one attached hydrogen (secondary N) is 3. The lowest BCUT2D eigenvalue weighted by Gasteiger charge is -2.06. The number of primary amides is 2. The Bertz CT molecular complexity index is 557. The smallest absolute Gasteiger partial charge is 0.312 e. The zero-order chi connectivity index (χ0) is 15.8. The van der Waals surface area contributed by atoms with E-state index in [4.69, 9.17) is 11.5 Å². The van der Waals surface area contributed by atoms with Crippen molar-refractivity contribution >= 4 is 35.1 Å². The van der Waals surface area contributed by atoms with Crippen molar-refractivity contribution in [3.05, 3.63) is 16.1 Å². The van der Waals surface area contributed by atoms with Gasteiger partial charge in [0.1, 0.15) is 5.69 Å². The lowest BCUT2D eigenvalue weighted by Crippen LogP contribution is -2.41. The molecule has 1 aromatic rings. The molecule has 0 aliphatic heterocycles. The molecule has 0 radical (unpaired) electrons. The van der Waals surface area contributed by atoms with E-state index >= 15 is 0 Å². The van der Waals surface area contributed by atoms with Crippen LogP contribution in [-0.4, -0.2) is 48.4 Å². The first-order valence-corrected chi connectivity index (χ1v) is 6.61. The minimum absolute atomic E-state index is 0.0472. The maximum absolute atomic E-state index is 11.6. The molecule has 7 N–H and O–H groups in total. The van der Waals surface area contributed by atoms with Crippen LogP contribution in [0.2, 0.25) is 0 Å². The topological polar surface area (TPSA) is 169 Å². The predicted octanol–water partition coefficient (Wildman–Crippen LogP) is -2.24. The monoisotopic (exact) mass is 314 g/mol. The second-order valence-electron chi connectivity index (χ2n) is 3.73. The molecule has 114 valence electrons. The number of amides is 5. The Morgan fingerprint density at radius 3 is 2.33 bits per heavy atom. The third-order valence-corrected chi connectivity index (χ3v) is 2.96. The first kappa shape index (κ1) is 16.4. The summed E-state index contributed by atoms with van der Waals surface area (Å²) in [6, 6.07) is -0.799. The molecule has 1 heterocycles. The summed E-state index contributed by atoms with van der Waals surface area (Å²) in [5.41, 5.74) is 9.90. The summed E-state index contributed by atoms with van der Waals surface area (Å²) >= 11 is 0.971. The van der Waals surface area contributed by atoms with Gasteiger partial charge in [0.15, 0.2) is 5.01 Å². The summed E-state index contributed by atoms with van der Waals surface area (Å²) in [5.74, 6) is -1.62. The summed E-state index contributed by atoms with van der Waals surface area (Å²) in [6.45, 7) is 0.0831. The van der Waals surface area contributed by atoms with E-state index in [1.54, 1.807) is 0 Å². The van der Waals surface area contributed by atoms with Crippen molar-refractivity contribution < 1.29 is 19.2 Å². The van der Waals surface area contributed by atoms with Gasteiger partial charge in [0.2, 0.25) is 5.91 Å². The molecule has 0 spiro atoms. The molecule has 0 aliphatic rings. The summed E-state index contributed by atoms with van der Waals surface area (Å²) in [6.07, 6.45) is 0. The third kappa shape index (κ3) is 5.86. The molecule has 21 heavy (non-hydrogen) atoms. The summed E-state index contributed by atoms with van der Waals surface area (Å²) in [4.78, 5) is 47.8. The van der Waals surface area contributed by atoms with Gasteiger partial charge in [-0.1, -0.05) is 0 Å². The van der Waals surface area contributed by atoms with Crippen LogP contribution in [0.3, 0.4) is 0 Å². The van der Waals surface area contributed by atoms with E-state index in [1.165, 1.54) is 5.38 Å². The molecule has 0 atom stereocenters. The Hall–Kier alpha value is -2.69. The molecule has 0 aromatic carbocycles. The lowest BCUT2D eigenvalue weighted by molar-refractivity contribution is -0.120. The van der Waals surface area contributed by atoms with Gasteiger partial charge in [-0.25, -0.2) is 9.78 Å². The van der Waals surface area contributed by atoms with Crippen LogP contribution in [0.25, 0.3) is 0 Å². The van der Waals surface area contributed by atoms with Crippen molar-refractivity contribution in [3.8, 4) is 0 Å². The van der Waals surface area contributed by atoms with E-state index in [9.17, 15) is 19.2 Å². The quantitative estimate of drug-likeness (QED) is 0.358. The maximum Gasteiger partial charge on any atom is 0.312 e. The van der Waals surface area contributed by atoms with Gasteiger partial charge in [-0.2, -0.15) is 0 Å². The summed E-state index contributed by atoms with van der Waals surface area (Å²) in [5, 5.41) is 8.53. The number of carbonyl (C=O) groups excluding carboxylic acids is 4. The van der Waals surface area contributed by atoms with Crippen LogP contribution in [0.5, 0.6) is 0 Å². The van der Waals surface area contributed by atoms with Gasteiger partial charge >= 0.3 is 6.03 Å². The molecule has 1 aromatic heterocycles. The standard InChI is InChI=1S/C10H14N6O4S/c11-7(18)9-16-5(4-21-9)8(19)14-2-1-13-6(17)3-15-10(12)20/h4H,1-3H2,(H2,11,18)(H,13,17)(H,14,19)(H3,12,15,20). The van der Waals surface area contributed by atoms with Crippen molar-refractivity contribution in [2.75, 3.05) is 19.6 Å². The number of rotatable bonds is 7. The highest BCUT2D eigenvalue weighted by Crippen LogP contribution is 2.08. The molecule has 5 amide bonds. The fourth-order valence-corrected chi connectivity index (χ4v) is 1.84. The van der Waals surface area contributed by atoms with E-state index in [1.807, 2.05) is 0 Å². The Morgan fingerprint density at radius 1 is 1.10 bits per heavy atom. The fraction of sp³-hybridized carbons (Fsp3) is 0.300. The van der Waals surface area contributed by atoms with Crippen LogP contribution in [0.4, 0.5) is 4.79 Å². The first-order chi connectivity index (χ1) is 9.90. The summed E-state index contributed by atoms with van der Waals surface area (Å²) < 4.78 is 0. The minimum Gasteiger partial charge on any atom is -0.364 e. The van der Waals surface area contributed by atoms with Crippen LogP contribution in [0, 0.1) is 0 Å². The van der Waals surface area contributed by atoms with E-state index in [0.717, 1.165) is 11.3 Å². The molecular formula is C10H14N6O4S. The highest BCUT2D eigenvalue weighted by molar-refractivity contribution is 7.11. The van der Waals surface area contributed by atoms with E-state index in [0.29, 0.717) is 0 Å². The molecule has 1 rings (SSSR count). The Balaban J connectivity index is 2.25. The normalized spacial score (nSPS) is 9.71. The number of urea groups is 1. The number of hydrogen-bond acceptors (Lipinski definition) is 6.